The third-order valence-electron chi connectivity index (χ3n) is 4.85. The van der Waals surface area contributed by atoms with Gasteiger partial charge in [-0.3, -0.25) is 4.79 Å². The first-order chi connectivity index (χ1) is 15.0. The van der Waals surface area contributed by atoms with Gasteiger partial charge in [0.05, 0.1) is 11.4 Å². The van der Waals surface area contributed by atoms with Gasteiger partial charge in [-0.25, -0.2) is 4.79 Å². The van der Waals surface area contributed by atoms with Gasteiger partial charge in [0, 0.05) is 23.5 Å². The third kappa shape index (κ3) is 4.58. The second kappa shape index (κ2) is 9.00. The monoisotopic (exact) mass is 436 g/mol. The van der Waals surface area contributed by atoms with E-state index >= 15 is 0 Å². The van der Waals surface area contributed by atoms with Crippen LogP contribution < -0.4 is 5.32 Å². The second-order valence-electron chi connectivity index (χ2n) is 6.97. The van der Waals surface area contributed by atoms with Crippen molar-refractivity contribution in [3.8, 4) is 5.69 Å². The molecule has 1 amide bonds. The molecule has 9 nitrogen and oxygen atoms in total. The molecule has 4 aromatic rings. The largest absolute Gasteiger partial charge is 0.480 e. The van der Waals surface area contributed by atoms with Gasteiger partial charge in [-0.05, 0) is 40.6 Å². The Morgan fingerprint density at radius 2 is 1.97 bits per heavy atom. The summed E-state index contributed by atoms with van der Waals surface area (Å²) in [5.74, 6) is -1.51. The molecule has 2 heterocycles. The van der Waals surface area contributed by atoms with Crippen molar-refractivity contribution in [2.45, 2.75) is 24.5 Å². The summed E-state index contributed by atoms with van der Waals surface area (Å²) in [6.45, 7) is 1.94. The Morgan fingerprint density at radius 3 is 2.77 bits per heavy atom. The first-order valence-electron chi connectivity index (χ1n) is 9.57. The van der Waals surface area contributed by atoms with Crippen molar-refractivity contribution in [1.29, 1.82) is 0 Å². The van der Waals surface area contributed by atoms with Gasteiger partial charge in [0.25, 0.3) is 0 Å². The van der Waals surface area contributed by atoms with Crippen molar-refractivity contribution in [2.75, 3.05) is 5.75 Å². The van der Waals surface area contributed by atoms with Crippen LogP contribution in [0.2, 0.25) is 0 Å². The third-order valence-corrected chi connectivity index (χ3v) is 5.77. The average molecular weight is 436 g/mol. The Labute approximate surface area is 181 Å². The lowest BCUT2D eigenvalue weighted by atomic mass is 10.1. The zero-order valence-corrected chi connectivity index (χ0v) is 17.5. The molecule has 0 unspecified atom stereocenters. The van der Waals surface area contributed by atoms with E-state index in [9.17, 15) is 14.7 Å². The highest BCUT2D eigenvalue weighted by atomic mass is 32.2. The first kappa shape index (κ1) is 20.6. The quantitative estimate of drug-likeness (QED) is 0.362. The van der Waals surface area contributed by atoms with Gasteiger partial charge in [-0.2, -0.15) is 4.68 Å². The number of aromatic nitrogens is 5. The van der Waals surface area contributed by atoms with Gasteiger partial charge in [0.15, 0.2) is 0 Å². The summed E-state index contributed by atoms with van der Waals surface area (Å²) >= 11 is 1.15. The van der Waals surface area contributed by atoms with E-state index in [1.807, 2.05) is 55.5 Å². The molecule has 2 aromatic heterocycles. The number of aromatic amines is 1. The van der Waals surface area contributed by atoms with Crippen LogP contribution in [0.15, 0.2) is 59.9 Å². The summed E-state index contributed by atoms with van der Waals surface area (Å²) in [7, 11) is 0. The fourth-order valence-corrected chi connectivity index (χ4v) is 4.00. The Hall–Kier alpha value is -3.66. The Kier molecular flexibility index (Phi) is 5.99. The van der Waals surface area contributed by atoms with Crippen LogP contribution in [0.3, 0.4) is 0 Å². The number of fused-ring (bicyclic) bond motifs is 1. The number of carbonyl (C=O) groups is 2. The number of thioether (sulfide) groups is 1. The van der Waals surface area contributed by atoms with Crippen LogP contribution in [-0.4, -0.2) is 54.0 Å². The molecule has 2 aromatic carbocycles. The number of nitrogens with zero attached hydrogens (tertiary/aromatic N) is 4. The zero-order chi connectivity index (χ0) is 21.8. The molecule has 0 aliphatic rings. The van der Waals surface area contributed by atoms with Crippen LogP contribution in [0.25, 0.3) is 16.6 Å². The van der Waals surface area contributed by atoms with E-state index in [1.165, 1.54) is 0 Å². The van der Waals surface area contributed by atoms with Gasteiger partial charge in [0.2, 0.25) is 11.1 Å². The zero-order valence-electron chi connectivity index (χ0n) is 16.6. The number of carboxylic acid groups (broad SMARTS) is 1. The minimum Gasteiger partial charge on any atom is -0.480 e. The molecule has 0 spiro atoms. The number of tetrazole rings is 1. The maximum atomic E-state index is 12.5. The van der Waals surface area contributed by atoms with Crippen LogP contribution in [0.1, 0.15) is 11.1 Å². The number of para-hydroxylation sites is 2. The first-order valence-corrected chi connectivity index (χ1v) is 10.6. The van der Waals surface area contributed by atoms with Gasteiger partial charge in [-0.1, -0.05) is 48.2 Å². The van der Waals surface area contributed by atoms with Crippen LogP contribution >= 0.6 is 11.8 Å². The summed E-state index contributed by atoms with van der Waals surface area (Å²) in [5, 5.41) is 25.3. The smallest absolute Gasteiger partial charge is 0.326 e. The minimum absolute atomic E-state index is 0.0100. The molecule has 1 atom stereocenters. The Bertz CT molecular complexity index is 1230. The molecule has 3 N–H and O–H groups in total. The van der Waals surface area contributed by atoms with Gasteiger partial charge in [0.1, 0.15) is 6.04 Å². The maximum absolute atomic E-state index is 12.5. The molecule has 10 heteroatoms. The number of nitrogens with one attached hydrogen (secondary N) is 2. The van der Waals surface area contributed by atoms with Crippen molar-refractivity contribution < 1.29 is 14.7 Å². The lowest BCUT2D eigenvalue weighted by molar-refractivity contribution is -0.141. The van der Waals surface area contributed by atoms with E-state index in [1.54, 1.807) is 10.9 Å². The maximum Gasteiger partial charge on any atom is 0.326 e. The fourth-order valence-electron chi connectivity index (χ4n) is 3.31. The highest BCUT2D eigenvalue weighted by molar-refractivity contribution is 7.99. The number of aliphatic carboxylic acids is 1. The van der Waals surface area contributed by atoms with Crippen molar-refractivity contribution in [2.24, 2.45) is 0 Å². The molecular formula is C21H20N6O3S. The number of amides is 1. The number of rotatable bonds is 8. The molecule has 0 bridgehead atoms. The molecule has 0 saturated heterocycles. The van der Waals surface area contributed by atoms with Gasteiger partial charge in [-0.15, -0.1) is 5.10 Å². The molecule has 0 aliphatic carbocycles. The summed E-state index contributed by atoms with van der Waals surface area (Å²) < 4.78 is 1.56. The Balaban J connectivity index is 1.41. The van der Waals surface area contributed by atoms with Crippen LogP contribution in [-0.2, 0) is 16.0 Å². The molecule has 4 rings (SSSR count). The van der Waals surface area contributed by atoms with Crippen LogP contribution in [0.4, 0.5) is 0 Å². The summed E-state index contributed by atoms with van der Waals surface area (Å²) in [6.07, 6.45) is 1.95. The summed E-state index contributed by atoms with van der Waals surface area (Å²) in [4.78, 5) is 27.3. The predicted molar refractivity (Wildman–Crippen MR) is 116 cm³/mol. The topological polar surface area (TPSA) is 126 Å². The van der Waals surface area contributed by atoms with E-state index in [0.29, 0.717) is 5.16 Å². The van der Waals surface area contributed by atoms with E-state index < -0.39 is 17.9 Å². The van der Waals surface area contributed by atoms with Crippen LogP contribution in [0, 0.1) is 6.92 Å². The van der Waals surface area contributed by atoms with Crippen molar-refractivity contribution in [3.63, 3.8) is 0 Å². The lowest BCUT2D eigenvalue weighted by Crippen LogP contribution is -2.43. The normalized spacial score (nSPS) is 12.0. The standard InChI is InChI=1S/C21H20N6O3S/c1-13-6-2-5-9-18(13)27-21(24-25-26-27)31-12-19(28)23-17(20(29)30)10-14-11-22-16-8-4-3-7-15(14)16/h2-9,11,17,22H,10,12H2,1H3,(H,23,28)(H,29,30)/t17-/m1/s1. The number of benzene rings is 2. The fraction of sp³-hybridized carbons (Fsp3) is 0.190. The second-order valence-corrected chi connectivity index (χ2v) is 7.91. The van der Waals surface area contributed by atoms with Gasteiger partial charge < -0.3 is 15.4 Å². The van der Waals surface area contributed by atoms with Crippen molar-refractivity contribution in [1.82, 2.24) is 30.5 Å². The lowest BCUT2D eigenvalue weighted by Gasteiger charge is -2.14. The molecule has 31 heavy (non-hydrogen) atoms. The molecule has 0 fully saturated rings. The van der Waals surface area contributed by atoms with Gasteiger partial charge >= 0.3 is 5.97 Å². The van der Waals surface area contributed by atoms with E-state index in [-0.39, 0.29) is 12.2 Å². The van der Waals surface area contributed by atoms with Crippen LogP contribution in [0.5, 0.6) is 0 Å². The molecule has 0 aliphatic heterocycles. The Morgan fingerprint density at radius 1 is 1.19 bits per heavy atom. The number of carboxylic acids is 1. The minimum atomic E-state index is -1.09. The molecular weight excluding hydrogens is 416 g/mol. The summed E-state index contributed by atoms with van der Waals surface area (Å²) in [6, 6.07) is 14.2. The highest BCUT2D eigenvalue weighted by Crippen LogP contribution is 2.21. The SMILES string of the molecule is Cc1ccccc1-n1nnnc1SCC(=O)N[C@H](Cc1c[nH]c2ccccc12)C(=O)O. The number of aryl methyl sites for hydroxylation is 1. The molecule has 158 valence electrons. The summed E-state index contributed by atoms with van der Waals surface area (Å²) in [5.41, 5.74) is 3.56. The van der Waals surface area contributed by atoms with E-state index in [2.05, 4.69) is 25.8 Å². The average Bonchev–Trinajstić information content (AvgIpc) is 3.39. The predicted octanol–water partition coefficient (Wildman–Crippen LogP) is 2.36. The van der Waals surface area contributed by atoms with E-state index in [4.69, 9.17) is 0 Å². The molecule has 0 saturated carbocycles. The molecule has 0 radical (unpaired) electrons. The highest BCUT2D eigenvalue weighted by Gasteiger charge is 2.22. The van der Waals surface area contributed by atoms with E-state index in [0.717, 1.165) is 39.5 Å². The number of hydrogen-bond donors (Lipinski definition) is 3. The number of carbonyl (C=O) groups excluding carboxylic acids is 1. The van der Waals surface area contributed by atoms with Crippen molar-refractivity contribution >= 4 is 34.5 Å². The number of hydrogen-bond acceptors (Lipinski definition) is 6. The number of H-pyrrole nitrogens is 1. The van der Waals surface area contributed by atoms with Crippen molar-refractivity contribution in [3.05, 3.63) is 65.9 Å².